The van der Waals surface area contributed by atoms with E-state index in [-0.39, 0.29) is 31.6 Å². The molecule has 6 N–H and O–H groups in total. The van der Waals surface area contributed by atoms with Crippen molar-refractivity contribution in [1.82, 2.24) is 19.9 Å². The van der Waals surface area contributed by atoms with Crippen LogP contribution >= 0.6 is 0 Å². The summed E-state index contributed by atoms with van der Waals surface area (Å²) in [5, 5.41) is 62.3. The maximum absolute atomic E-state index is 11.6. The van der Waals surface area contributed by atoms with Crippen LogP contribution in [0.4, 0.5) is 0 Å². The first-order valence-corrected chi connectivity index (χ1v) is 13.6. The zero-order valence-electron chi connectivity index (χ0n) is 24.7. The summed E-state index contributed by atoms with van der Waals surface area (Å²) < 4.78 is 1.59. The number of quaternary nitrogens is 1. The lowest BCUT2D eigenvalue weighted by Gasteiger charge is -2.41. The van der Waals surface area contributed by atoms with Gasteiger partial charge in [0.2, 0.25) is 0 Å². The first-order valence-electron chi connectivity index (χ1n) is 13.6. The second-order valence-corrected chi connectivity index (χ2v) is 11.0. The number of aryl methyl sites for hydroxylation is 1. The van der Waals surface area contributed by atoms with Crippen molar-refractivity contribution in [3.8, 4) is 0 Å². The van der Waals surface area contributed by atoms with E-state index in [0.717, 1.165) is 19.8 Å². The molecule has 3 unspecified atom stereocenters. The minimum Gasteiger partial charge on any atom is -0.550 e. The van der Waals surface area contributed by atoms with Crippen molar-refractivity contribution in [3.63, 3.8) is 0 Å². The van der Waals surface area contributed by atoms with Gasteiger partial charge in [0, 0.05) is 25.4 Å². The molecule has 0 aromatic carbocycles. The van der Waals surface area contributed by atoms with Gasteiger partial charge in [0.05, 0.1) is 30.9 Å². The van der Waals surface area contributed by atoms with Crippen LogP contribution < -0.4 is 10.0 Å². The molecule has 1 saturated carbocycles. The van der Waals surface area contributed by atoms with Gasteiger partial charge in [0.15, 0.2) is 6.54 Å². The number of hydrogen-bond donors (Lipinski definition) is 6. The van der Waals surface area contributed by atoms with Crippen molar-refractivity contribution < 1.29 is 59.5 Å². The van der Waals surface area contributed by atoms with Crippen LogP contribution in [0, 0.1) is 0 Å². The number of carbonyl (C=O) groups excluding carboxylic acids is 1. The van der Waals surface area contributed by atoms with Crippen LogP contribution in [0.25, 0.3) is 0 Å². The number of hydrogen-bond acceptors (Lipinski definition) is 10. The Morgan fingerprint density at radius 1 is 0.976 bits per heavy atom. The van der Waals surface area contributed by atoms with E-state index in [9.17, 15) is 34.5 Å². The fourth-order valence-corrected chi connectivity index (χ4v) is 4.49. The van der Waals surface area contributed by atoms with E-state index in [1.165, 1.54) is 4.90 Å². The van der Waals surface area contributed by atoms with Crippen LogP contribution in [-0.4, -0.2) is 113 Å². The molecule has 0 amide bonds. The molecule has 0 spiro atoms. The normalized spacial score (nSPS) is 17.2. The van der Waals surface area contributed by atoms with Crippen molar-refractivity contribution in [2.45, 2.75) is 103 Å². The van der Waals surface area contributed by atoms with Gasteiger partial charge in [-0.05, 0) is 53.4 Å². The first-order chi connectivity index (χ1) is 19.4. The third kappa shape index (κ3) is 20.3. The summed E-state index contributed by atoms with van der Waals surface area (Å²) in [5.41, 5.74) is 0.0665. The molecule has 16 nitrogen and oxygen atoms in total. The number of carboxylic acids is 5. The van der Waals surface area contributed by atoms with Gasteiger partial charge in [-0.15, -0.1) is 5.10 Å². The lowest BCUT2D eigenvalue weighted by Crippen LogP contribution is -3.17. The predicted octanol–water partition coefficient (Wildman–Crippen LogP) is -1.68. The van der Waals surface area contributed by atoms with E-state index < -0.39 is 48.5 Å². The molecule has 1 aromatic heterocycles. The van der Waals surface area contributed by atoms with Gasteiger partial charge >= 0.3 is 23.9 Å². The number of carbonyl (C=O) groups is 5. The third-order valence-corrected chi connectivity index (χ3v) is 5.80. The molecule has 3 atom stereocenters. The summed E-state index contributed by atoms with van der Waals surface area (Å²) in [6.07, 6.45) is 5.78. The first kappa shape index (κ1) is 38.4. The monoisotopic (exact) mass is 603 g/mol. The molecule has 2 rings (SSSR count). The van der Waals surface area contributed by atoms with Crippen LogP contribution in [0.15, 0.2) is 6.20 Å². The van der Waals surface area contributed by atoms with Gasteiger partial charge in [0.25, 0.3) is 0 Å². The number of rotatable bonds is 15. The molecular formula is C26H45N5O11. The highest BCUT2D eigenvalue weighted by molar-refractivity contribution is 5.72. The van der Waals surface area contributed by atoms with E-state index in [1.807, 2.05) is 0 Å². The third-order valence-electron chi connectivity index (χ3n) is 5.80. The maximum Gasteiger partial charge on any atom is 0.359 e. The fourth-order valence-electron chi connectivity index (χ4n) is 4.49. The lowest BCUT2D eigenvalue weighted by atomic mass is 9.87. The summed E-state index contributed by atoms with van der Waals surface area (Å²) in [6, 6.07) is -0.652. The van der Waals surface area contributed by atoms with E-state index >= 15 is 0 Å². The Morgan fingerprint density at radius 2 is 1.50 bits per heavy atom. The van der Waals surface area contributed by atoms with Crippen molar-refractivity contribution in [1.29, 1.82) is 0 Å². The smallest absolute Gasteiger partial charge is 0.359 e. The Hall–Kier alpha value is -3.63. The van der Waals surface area contributed by atoms with E-state index in [4.69, 9.17) is 20.1 Å². The van der Waals surface area contributed by atoms with Crippen molar-refractivity contribution in [3.05, 3.63) is 11.9 Å². The maximum atomic E-state index is 11.6. The molecular weight excluding hydrogens is 558 g/mol. The number of aliphatic hydroxyl groups is 1. The summed E-state index contributed by atoms with van der Waals surface area (Å²) >= 11 is 0. The SMILES string of the molecule is CC(=O)[O-].CC(C)(C)O.O=C(O)CCCCn1cc(C[NH+](CC(=O)O)C2CCCCC2N(CC(=O)O)CC(=O)O)nn1. The Balaban J connectivity index is 0.00000163. The fraction of sp³-hybridized carbons (Fsp3) is 0.731. The van der Waals surface area contributed by atoms with E-state index in [0.29, 0.717) is 42.8 Å². The molecule has 1 aliphatic rings. The van der Waals surface area contributed by atoms with Gasteiger partial charge < -0.3 is 40.3 Å². The molecule has 1 aliphatic carbocycles. The predicted molar refractivity (Wildman–Crippen MR) is 144 cm³/mol. The number of aliphatic carboxylic acids is 5. The Labute approximate surface area is 244 Å². The van der Waals surface area contributed by atoms with Gasteiger partial charge in [-0.3, -0.25) is 24.0 Å². The number of nitrogens with zero attached hydrogens (tertiary/aromatic N) is 4. The zero-order valence-corrected chi connectivity index (χ0v) is 24.7. The summed E-state index contributed by atoms with van der Waals surface area (Å²) in [6.45, 7) is 5.86. The van der Waals surface area contributed by atoms with E-state index in [2.05, 4.69) is 10.3 Å². The second-order valence-electron chi connectivity index (χ2n) is 11.0. The van der Waals surface area contributed by atoms with E-state index in [1.54, 1.807) is 31.6 Å². The van der Waals surface area contributed by atoms with Crippen molar-refractivity contribution in [2.75, 3.05) is 19.6 Å². The van der Waals surface area contributed by atoms with Crippen LogP contribution in [0.5, 0.6) is 0 Å². The van der Waals surface area contributed by atoms with Crippen LogP contribution in [0.3, 0.4) is 0 Å². The zero-order chi connectivity index (χ0) is 32.5. The molecule has 1 heterocycles. The molecule has 0 aliphatic heterocycles. The summed E-state index contributed by atoms with van der Waals surface area (Å²) in [4.78, 5) is 55.9. The minimum absolute atomic E-state index is 0.0738. The minimum atomic E-state index is -1.13. The molecule has 240 valence electrons. The molecule has 0 saturated heterocycles. The average Bonchev–Trinajstić information content (AvgIpc) is 3.26. The largest absolute Gasteiger partial charge is 0.550 e. The van der Waals surface area contributed by atoms with Gasteiger partial charge in [-0.1, -0.05) is 11.6 Å². The second kappa shape index (κ2) is 19.5. The highest BCUT2D eigenvalue weighted by atomic mass is 16.4. The quantitative estimate of drug-likeness (QED) is 0.123. The van der Waals surface area contributed by atoms with Gasteiger partial charge in [-0.2, -0.15) is 0 Å². The molecule has 42 heavy (non-hydrogen) atoms. The number of aromatic nitrogens is 3. The number of unbranched alkanes of at least 4 members (excludes halogenated alkanes) is 1. The standard InChI is InChI=1S/C20H31N5O8.C4H10O.C2H4O2/c26-17(27)7-3-4-8-25-10-14(21-22-25)9-23(11-18(28)29)15-5-1-2-6-16(15)24(12-19(30)31)13-20(32)33;1-4(2,3)5;1-2(3)4/h10,15-16H,1-9,11-13H2,(H,26,27)(H,28,29)(H,30,31)(H,32,33);5H,1-3H3;1H3,(H,3,4). The van der Waals surface area contributed by atoms with Crippen LogP contribution in [0.1, 0.15) is 78.3 Å². The Morgan fingerprint density at radius 3 is 1.98 bits per heavy atom. The molecule has 0 radical (unpaired) electrons. The van der Waals surface area contributed by atoms with Crippen LogP contribution in [-0.2, 0) is 37.1 Å². The topological polar surface area (TPSA) is 248 Å². The van der Waals surface area contributed by atoms with Gasteiger partial charge in [0.1, 0.15) is 18.3 Å². The molecule has 16 heteroatoms. The Bertz CT molecular complexity index is 983. The highest BCUT2D eigenvalue weighted by Gasteiger charge is 2.39. The lowest BCUT2D eigenvalue weighted by molar-refractivity contribution is -0.935. The van der Waals surface area contributed by atoms with Crippen molar-refractivity contribution >= 4 is 29.8 Å². The van der Waals surface area contributed by atoms with Crippen LogP contribution in [0.2, 0.25) is 0 Å². The van der Waals surface area contributed by atoms with Crippen molar-refractivity contribution in [2.24, 2.45) is 0 Å². The Kier molecular flexibility index (Phi) is 17.8. The molecule has 1 aromatic rings. The molecule has 0 bridgehead atoms. The summed E-state index contributed by atoms with van der Waals surface area (Å²) in [5.74, 6) is -5.22. The molecule has 1 fully saturated rings. The number of nitrogens with one attached hydrogen (secondary N) is 1. The summed E-state index contributed by atoms with van der Waals surface area (Å²) in [7, 11) is 0. The van der Waals surface area contributed by atoms with Gasteiger partial charge in [-0.25, -0.2) is 4.79 Å². The number of carboxylic acid groups (broad SMARTS) is 5. The highest BCUT2D eigenvalue weighted by Crippen LogP contribution is 2.22. The average molecular weight is 604 g/mol.